The lowest BCUT2D eigenvalue weighted by Gasteiger charge is -2.36. The molecule has 0 atom stereocenters. The van der Waals surface area contributed by atoms with Crippen molar-refractivity contribution in [2.24, 2.45) is 0 Å². The van der Waals surface area contributed by atoms with Gasteiger partial charge in [0.2, 0.25) is 11.8 Å². The van der Waals surface area contributed by atoms with Gasteiger partial charge in [-0.25, -0.2) is 9.78 Å². The minimum Gasteiger partial charge on any atom is -0.478 e. The van der Waals surface area contributed by atoms with Gasteiger partial charge in [-0.3, -0.25) is 14.5 Å². The highest BCUT2D eigenvalue weighted by Crippen LogP contribution is 2.34. The zero-order valence-corrected chi connectivity index (χ0v) is 20.3. The number of carbonyl (C=O) groups is 3. The Bertz CT molecular complexity index is 1260. The Labute approximate surface area is 207 Å². The lowest BCUT2D eigenvalue weighted by molar-refractivity contribution is -0.139. The molecule has 182 valence electrons. The van der Waals surface area contributed by atoms with Gasteiger partial charge in [-0.05, 0) is 30.4 Å². The highest BCUT2D eigenvalue weighted by molar-refractivity contribution is 7.13. The SMILES string of the molecule is O=C(O)c1c(CN2CCN(CCN3CCCCC3=O)C(=O)C2)c(-c2cccs2)nc2ccccc12. The molecule has 0 unspecified atom stereocenters. The summed E-state index contributed by atoms with van der Waals surface area (Å²) in [6, 6.07) is 11.2. The first-order valence-electron chi connectivity index (χ1n) is 12.0. The van der Waals surface area contributed by atoms with Crippen LogP contribution in [0.3, 0.4) is 0 Å². The maximum absolute atomic E-state index is 12.9. The number of para-hydroxylation sites is 1. The van der Waals surface area contributed by atoms with Crippen molar-refractivity contribution in [3.05, 3.63) is 52.9 Å². The Balaban J connectivity index is 1.36. The van der Waals surface area contributed by atoms with Crippen molar-refractivity contribution in [2.45, 2.75) is 25.8 Å². The fourth-order valence-electron chi connectivity index (χ4n) is 4.96. The first-order chi connectivity index (χ1) is 17.0. The number of hydrogen-bond donors (Lipinski definition) is 1. The summed E-state index contributed by atoms with van der Waals surface area (Å²) in [6.07, 6.45) is 2.56. The van der Waals surface area contributed by atoms with Crippen LogP contribution in [0.5, 0.6) is 0 Å². The third kappa shape index (κ3) is 4.92. The molecule has 1 N–H and O–H groups in total. The van der Waals surface area contributed by atoms with E-state index >= 15 is 0 Å². The summed E-state index contributed by atoms with van der Waals surface area (Å²) in [6.45, 7) is 3.61. The number of nitrogens with zero attached hydrogens (tertiary/aromatic N) is 4. The van der Waals surface area contributed by atoms with Crippen molar-refractivity contribution >= 4 is 40.0 Å². The highest BCUT2D eigenvalue weighted by atomic mass is 32.1. The van der Waals surface area contributed by atoms with E-state index in [0.717, 1.165) is 24.3 Å². The number of aromatic nitrogens is 1. The van der Waals surface area contributed by atoms with Crippen LogP contribution in [0.15, 0.2) is 41.8 Å². The zero-order valence-electron chi connectivity index (χ0n) is 19.5. The van der Waals surface area contributed by atoms with Crippen LogP contribution in [0.4, 0.5) is 0 Å². The molecular formula is C26H28N4O4S. The molecule has 2 amide bonds. The molecule has 5 rings (SSSR count). The number of benzene rings is 1. The molecule has 2 saturated heterocycles. The molecule has 0 radical (unpaired) electrons. The lowest BCUT2D eigenvalue weighted by atomic mass is 9.98. The van der Waals surface area contributed by atoms with Gasteiger partial charge in [0.25, 0.3) is 0 Å². The van der Waals surface area contributed by atoms with E-state index in [9.17, 15) is 19.5 Å². The first-order valence-corrected chi connectivity index (χ1v) is 12.9. The first kappa shape index (κ1) is 23.4. The monoisotopic (exact) mass is 492 g/mol. The third-order valence-corrected chi connectivity index (χ3v) is 7.68. The Morgan fingerprint density at radius 1 is 0.971 bits per heavy atom. The predicted molar refractivity (Wildman–Crippen MR) is 134 cm³/mol. The summed E-state index contributed by atoms with van der Waals surface area (Å²) in [4.78, 5) is 48.9. The quantitative estimate of drug-likeness (QED) is 0.544. The third-order valence-electron chi connectivity index (χ3n) is 6.80. The van der Waals surface area contributed by atoms with Gasteiger partial charge in [-0.15, -0.1) is 11.3 Å². The standard InChI is InChI=1S/C26H28N4O4S/c31-22-9-3-4-10-29(22)13-14-30-12-11-28(17-23(30)32)16-19-24(26(33)34)18-6-1-2-7-20(18)27-25(19)21-8-5-15-35-21/h1-2,5-8,15H,3-4,9-14,16-17H2,(H,33,34). The summed E-state index contributed by atoms with van der Waals surface area (Å²) >= 11 is 1.52. The smallest absolute Gasteiger partial charge is 0.336 e. The molecule has 4 heterocycles. The molecule has 35 heavy (non-hydrogen) atoms. The van der Waals surface area contributed by atoms with Crippen LogP contribution in [0.1, 0.15) is 35.2 Å². The lowest BCUT2D eigenvalue weighted by Crippen LogP contribution is -2.52. The van der Waals surface area contributed by atoms with Crippen LogP contribution in [-0.4, -0.2) is 81.8 Å². The number of amides is 2. The average Bonchev–Trinajstić information content (AvgIpc) is 3.38. The number of fused-ring (bicyclic) bond motifs is 1. The van der Waals surface area contributed by atoms with Crippen LogP contribution in [-0.2, 0) is 16.1 Å². The summed E-state index contributed by atoms with van der Waals surface area (Å²) in [5.41, 5.74) is 2.19. The van der Waals surface area contributed by atoms with E-state index in [0.29, 0.717) is 61.3 Å². The molecule has 2 fully saturated rings. The van der Waals surface area contributed by atoms with Crippen molar-refractivity contribution in [2.75, 3.05) is 39.3 Å². The number of carboxylic acids is 1. The molecule has 0 bridgehead atoms. The van der Waals surface area contributed by atoms with Gasteiger partial charge in [0.15, 0.2) is 0 Å². The molecule has 9 heteroatoms. The van der Waals surface area contributed by atoms with Gasteiger partial charge in [-0.2, -0.15) is 0 Å². The van der Waals surface area contributed by atoms with E-state index in [2.05, 4.69) is 0 Å². The van der Waals surface area contributed by atoms with Crippen molar-refractivity contribution in [1.29, 1.82) is 0 Å². The van der Waals surface area contributed by atoms with Crippen LogP contribution in [0.2, 0.25) is 0 Å². The number of piperidine rings is 1. The summed E-state index contributed by atoms with van der Waals surface area (Å²) < 4.78 is 0. The maximum atomic E-state index is 12.9. The maximum Gasteiger partial charge on any atom is 0.336 e. The molecule has 0 spiro atoms. The molecular weight excluding hydrogens is 464 g/mol. The molecule has 8 nitrogen and oxygen atoms in total. The topological polar surface area (TPSA) is 94.0 Å². The number of piperazine rings is 1. The number of carboxylic acid groups (broad SMARTS) is 1. The molecule has 0 aliphatic carbocycles. The molecule has 2 aromatic heterocycles. The van der Waals surface area contributed by atoms with E-state index in [1.165, 1.54) is 11.3 Å². The van der Waals surface area contributed by atoms with Crippen molar-refractivity contribution < 1.29 is 19.5 Å². The highest BCUT2D eigenvalue weighted by Gasteiger charge is 2.29. The van der Waals surface area contributed by atoms with E-state index < -0.39 is 5.97 Å². The normalized spacial score (nSPS) is 17.4. The number of hydrogen-bond acceptors (Lipinski definition) is 6. The Morgan fingerprint density at radius 2 is 1.77 bits per heavy atom. The van der Waals surface area contributed by atoms with Crippen LogP contribution < -0.4 is 0 Å². The van der Waals surface area contributed by atoms with E-state index in [-0.39, 0.29) is 23.9 Å². The molecule has 2 aliphatic rings. The van der Waals surface area contributed by atoms with Crippen LogP contribution in [0.25, 0.3) is 21.5 Å². The van der Waals surface area contributed by atoms with Gasteiger partial charge >= 0.3 is 5.97 Å². The van der Waals surface area contributed by atoms with E-state index in [4.69, 9.17) is 4.98 Å². The molecule has 3 aromatic rings. The minimum atomic E-state index is -0.993. The van der Waals surface area contributed by atoms with Crippen molar-refractivity contribution in [3.63, 3.8) is 0 Å². The number of carbonyl (C=O) groups excluding carboxylic acids is 2. The number of pyridine rings is 1. The Hall–Kier alpha value is -3.30. The summed E-state index contributed by atoms with van der Waals surface area (Å²) in [7, 11) is 0. The number of likely N-dealkylation sites (tertiary alicyclic amines) is 1. The fraction of sp³-hybridized carbons (Fsp3) is 0.385. The van der Waals surface area contributed by atoms with Gasteiger partial charge < -0.3 is 14.9 Å². The summed E-state index contributed by atoms with van der Waals surface area (Å²) in [5, 5.41) is 12.7. The minimum absolute atomic E-state index is 0.00371. The Morgan fingerprint density at radius 3 is 2.49 bits per heavy atom. The predicted octanol–water partition coefficient (Wildman–Crippen LogP) is 3.32. The van der Waals surface area contributed by atoms with E-state index in [1.807, 2.05) is 50.4 Å². The fourth-order valence-corrected chi connectivity index (χ4v) is 5.70. The zero-order chi connectivity index (χ0) is 24.4. The number of rotatable bonds is 7. The average molecular weight is 493 g/mol. The van der Waals surface area contributed by atoms with Gasteiger partial charge in [-0.1, -0.05) is 24.3 Å². The second-order valence-electron chi connectivity index (χ2n) is 9.04. The van der Waals surface area contributed by atoms with E-state index in [1.54, 1.807) is 6.07 Å². The summed E-state index contributed by atoms with van der Waals surface area (Å²) in [5.74, 6) is -0.815. The molecule has 0 saturated carbocycles. The second-order valence-corrected chi connectivity index (χ2v) is 9.99. The van der Waals surface area contributed by atoms with Crippen molar-refractivity contribution in [1.82, 2.24) is 19.7 Å². The van der Waals surface area contributed by atoms with Gasteiger partial charge in [0, 0.05) is 56.6 Å². The second kappa shape index (κ2) is 10.1. The van der Waals surface area contributed by atoms with Gasteiger partial charge in [0.05, 0.1) is 28.2 Å². The number of thiophene rings is 1. The van der Waals surface area contributed by atoms with Crippen molar-refractivity contribution in [3.8, 4) is 10.6 Å². The van der Waals surface area contributed by atoms with Crippen LogP contribution in [0, 0.1) is 0 Å². The van der Waals surface area contributed by atoms with Crippen LogP contribution >= 0.6 is 11.3 Å². The molecule has 2 aliphatic heterocycles. The Kier molecular flexibility index (Phi) is 6.79. The van der Waals surface area contributed by atoms with Gasteiger partial charge in [0.1, 0.15) is 0 Å². The molecule has 1 aromatic carbocycles. The largest absolute Gasteiger partial charge is 0.478 e. The number of aromatic carboxylic acids is 1.